The van der Waals surface area contributed by atoms with Crippen molar-refractivity contribution < 1.29 is 0 Å². The van der Waals surface area contributed by atoms with E-state index in [1.807, 2.05) is 0 Å². The van der Waals surface area contributed by atoms with Crippen molar-refractivity contribution in [3.05, 3.63) is 29.3 Å². The number of anilines is 1. The van der Waals surface area contributed by atoms with Crippen molar-refractivity contribution in [1.82, 2.24) is 4.90 Å². The van der Waals surface area contributed by atoms with Gasteiger partial charge in [-0.05, 0) is 55.4 Å². The van der Waals surface area contributed by atoms with Gasteiger partial charge in [-0.2, -0.15) is 11.8 Å². The summed E-state index contributed by atoms with van der Waals surface area (Å²) in [6, 6.07) is 8.06. The second-order valence-electron chi connectivity index (χ2n) is 6.67. The van der Waals surface area contributed by atoms with Crippen molar-refractivity contribution in [1.29, 1.82) is 0 Å². The van der Waals surface area contributed by atoms with Gasteiger partial charge in [0.1, 0.15) is 0 Å². The predicted octanol–water partition coefficient (Wildman–Crippen LogP) is 3.19. The zero-order valence-electron chi connectivity index (χ0n) is 12.9. The predicted molar refractivity (Wildman–Crippen MR) is 92.6 cm³/mol. The molecule has 1 aliphatic carbocycles. The van der Waals surface area contributed by atoms with Crippen LogP contribution in [0.1, 0.15) is 30.4 Å². The fourth-order valence-corrected chi connectivity index (χ4v) is 5.12. The molecule has 0 radical (unpaired) electrons. The van der Waals surface area contributed by atoms with Crippen LogP contribution >= 0.6 is 11.8 Å². The van der Waals surface area contributed by atoms with Crippen LogP contribution in [0.15, 0.2) is 18.2 Å². The molecule has 2 fully saturated rings. The third kappa shape index (κ3) is 2.95. The van der Waals surface area contributed by atoms with Gasteiger partial charge >= 0.3 is 0 Å². The topological polar surface area (TPSA) is 6.48 Å². The number of rotatable bonds is 2. The molecule has 0 spiro atoms. The van der Waals surface area contributed by atoms with Crippen LogP contribution in [-0.4, -0.2) is 48.6 Å². The zero-order chi connectivity index (χ0) is 14.1. The molecule has 2 saturated heterocycles. The van der Waals surface area contributed by atoms with E-state index in [-0.39, 0.29) is 0 Å². The summed E-state index contributed by atoms with van der Waals surface area (Å²) in [6.07, 6.45) is 6.65. The Balaban J connectivity index is 1.38. The number of aryl methyl sites for hydroxylation is 2. The highest BCUT2D eigenvalue weighted by Crippen LogP contribution is 2.29. The van der Waals surface area contributed by atoms with Gasteiger partial charge in [0.05, 0.1) is 0 Å². The first-order valence-corrected chi connectivity index (χ1v) is 9.74. The molecular weight excluding hydrogens is 276 g/mol. The largest absolute Gasteiger partial charge is 0.371 e. The van der Waals surface area contributed by atoms with Crippen molar-refractivity contribution in [3.8, 4) is 0 Å². The molecule has 3 aliphatic rings. The lowest BCUT2D eigenvalue weighted by molar-refractivity contribution is 0.186. The molecule has 2 aliphatic heterocycles. The first kappa shape index (κ1) is 14.0. The highest BCUT2D eigenvalue weighted by atomic mass is 32.2. The fraction of sp³-hybridized carbons (Fsp3) is 0.667. The molecule has 0 saturated carbocycles. The third-order valence-corrected chi connectivity index (χ3v) is 6.42. The second-order valence-corrected chi connectivity index (χ2v) is 7.90. The van der Waals surface area contributed by atoms with E-state index < -0.39 is 0 Å². The van der Waals surface area contributed by atoms with E-state index in [4.69, 9.17) is 0 Å². The van der Waals surface area contributed by atoms with E-state index in [9.17, 15) is 0 Å². The highest BCUT2D eigenvalue weighted by Gasteiger charge is 2.26. The summed E-state index contributed by atoms with van der Waals surface area (Å²) in [7, 11) is 0. The van der Waals surface area contributed by atoms with Crippen LogP contribution in [-0.2, 0) is 12.8 Å². The summed E-state index contributed by atoms with van der Waals surface area (Å²) in [4.78, 5) is 5.37. The molecule has 114 valence electrons. The van der Waals surface area contributed by atoms with Gasteiger partial charge in [-0.25, -0.2) is 0 Å². The smallest absolute Gasteiger partial charge is 0.0369 e. The minimum Gasteiger partial charge on any atom is -0.371 e. The number of nitrogens with zero attached hydrogens (tertiary/aromatic N) is 2. The van der Waals surface area contributed by atoms with E-state index in [1.54, 1.807) is 11.1 Å². The van der Waals surface area contributed by atoms with Gasteiger partial charge < -0.3 is 4.90 Å². The lowest BCUT2D eigenvalue weighted by Crippen LogP contribution is -2.47. The number of piperidine rings is 1. The Morgan fingerprint density at radius 2 is 1.67 bits per heavy atom. The lowest BCUT2D eigenvalue weighted by Gasteiger charge is -2.41. The van der Waals surface area contributed by atoms with Gasteiger partial charge in [-0.3, -0.25) is 4.90 Å². The molecule has 2 nitrogen and oxygen atoms in total. The third-order valence-electron chi connectivity index (χ3n) is 5.47. The van der Waals surface area contributed by atoms with Crippen LogP contribution < -0.4 is 4.90 Å². The van der Waals surface area contributed by atoms with Crippen LogP contribution in [0.2, 0.25) is 0 Å². The van der Waals surface area contributed by atoms with E-state index in [0.717, 1.165) is 6.04 Å². The van der Waals surface area contributed by atoms with Gasteiger partial charge in [-0.15, -0.1) is 0 Å². The van der Waals surface area contributed by atoms with Gasteiger partial charge in [0.15, 0.2) is 0 Å². The van der Waals surface area contributed by atoms with Crippen LogP contribution in [0, 0.1) is 0 Å². The molecule has 4 rings (SSSR count). The van der Waals surface area contributed by atoms with Crippen LogP contribution in [0.4, 0.5) is 5.69 Å². The number of hydrogen-bond acceptors (Lipinski definition) is 3. The molecule has 0 aromatic heterocycles. The van der Waals surface area contributed by atoms with Crippen LogP contribution in [0.5, 0.6) is 0 Å². The Morgan fingerprint density at radius 1 is 0.905 bits per heavy atom. The molecule has 2 heterocycles. The molecule has 1 aromatic carbocycles. The standard InChI is InChI=1S/C18H26N2S/c1-2-15-4-5-18(14-16(15)3-1)19-8-6-17(7-9-19)20-10-12-21-13-11-20/h4-5,14,17H,1-3,6-13H2. The number of benzene rings is 1. The Labute approximate surface area is 132 Å². The second kappa shape index (κ2) is 6.21. The van der Waals surface area contributed by atoms with Crippen molar-refractivity contribution >= 4 is 17.4 Å². The van der Waals surface area contributed by atoms with Crippen molar-refractivity contribution in [2.24, 2.45) is 0 Å². The highest BCUT2D eigenvalue weighted by molar-refractivity contribution is 7.99. The quantitative estimate of drug-likeness (QED) is 0.828. The molecule has 0 atom stereocenters. The molecule has 0 N–H and O–H groups in total. The van der Waals surface area contributed by atoms with E-state index >= 15 is 0 Å². The maximum atomic E-state index is 2.75. The van der Waals surface area contributed by atoms with Crippen molar-refractivity contribution in [2.75, 3.05) is 42.6 Å². The molecule has 21 heavy (non-hydrogen) atoms. The lowest BCUT2D eigenvalue weighted by atomic mass is 10.0. The SMILES string of the molecule is c1cc2c(cc1N1CCC(N3CCSCC3)CC1)CCC2. The summed E-state index contributed by atoms with van der Waals surface area (Å²) >= 11 is 2.12. The fourth-order valence-electron chi connectivity index (χ4n) is 4.19. The maximum Gasteiger partial charge on any atom is 0.0369 e. The average molecular weight is 302 g/mol. The molecule has 3 heteroatoms. The van der Waals surface area contributed by atoms with Crippen molar-refractivity contribution in [3.63, 3.8) is 0 Å². The van der Waals surface area contributed by atoms with Crippen LogP contribution in [0.3, 0.4) is 0 Å². The number of thioether (sulfide) groups is 1. The molecule has 1 aromatic rings. The molecule has 0 amide bonds. The number of hydrogen-bond donors (Lipinski definition) is 0. The van der Waals surface area contributed by atoms with Crippen LogP contribution in [0.25, 0.3) is 0 Å². The molecule has 0 unspecified atom stereocenters. The zero-order valence-corrected chi connectivity index (χ0v) is 13.7. The van der Waals surface area contributed by atoms with Gasteiger partial charge in [0.25, 0.3) is 0 Å². The van der Waals surface area contributed by atoms with Crippen molar-refractivity contribution in [2.45, 2.75) is 38.1 Å². The molecular formula is C18H26N2S. The average Bonchev–Trinajstić information content (AvgIpc) is 3.03. The Morgan fingerprint density at radius 3 is 2.48 bits per heavy atom. The molecule has 0 bridgehead atoms. The maximum absolute atomic E-state index is 2.75. The monoisotopic (exact) mass is 302 g/mol. The Hall–Kier alpha value is -0.670. The summed E-state index contributed by atoms with van der Waals surface area (Å²) < 4.78 is 0. The van der Waals surface area contributed by atoms with E-state index in [1.165, 1.54) is 75.5 Å². The van der Waals surface area contributed by atoms with Gasteiger partial charge in [0.2, 0.25) is 0 Å². The summed E-state index contributed by atoms with van der Waals surface area (Å²) in [6.45, 7) is 5.11. The Kier molecular flexibility index (Phi) is 4.13. The van der Waals surface area contributed by atoms with Gasteiger partial charge in [0, 0.05) is 49.4 Å². The normalized spacial score (nSPS) is 24.3. The number of fused-ring (bicyclic) bond motifs is 1. The van der Waals surface area contributed by atoms with Gasteiger partial charge in [-0.1, -0.05) is 6.07 Å². The Bertz CT molecular complexity index is 488. The summed E-state index contributed by atoms with van der Waals surface area (Å²) in [5.74, 6) is 2.68. The summed E-state index contributed by atoms with van der Waals surface area (Å²) in [5, 5.41) is 0. The first-order chi connectivity index (χ1) is 10.4. The minimum absolute atomic E-state index is 0.844. The van der Waals surface area contributed by atoms with E-state index in [0.29, 0.717) is 0 Å². The summed E-state index contributed by atoms with van der Waals surface area (Å²) in [5.41, 5.74) is 4.69. The minimum atomic E-state index is 0.844. The van der Waals surface area contributed by atoms with E-state index in [2.05, 4.69) is 39.8 Å². The first-order valence-electron chi connectivity index (χ1n) is 8.59.